The predicted molar refractivity (Wildman–Crippen MR) is 48.4 cm³/mol. The molecule has 0 radical (unpaired) electrons. The highest BCUT2D eigenvalue weighted by molar-refractivity contribution is 5.84. The van der Waals surface area contributed by atoms with Gasteiger partial charge in [-0.25, -0.2) is 0 Å². The Hall–Kier alpha value is -0.860. The highest BCUT2D eigenvalue weighted by Crippen LogP contribution is 2.07. The number of hydrogen-bond donors (Lipinski definition) is 1. The van der Waals surface area contributed by atoms with Crippen molar-refractivity contribution >= 4 is 12.2 Å². The lowest BCUT2D eigenvalue weighted by Gasteiger charge is -2.11. The van der Waals surface area contributed by atoms with Gasteiger partial charge >= 0.3 is 5.97 Å². The van der Waals surface area contributed by atoms with Crippen molar-refractivity contribution in [3.8, 4) is 0 Å². The van der Waals surface area contributed by atoms with E-state index in [1.54, 1.807) is 0 Å². The van der Waals surface area contributed by atoms with Gasteiger partial charge in [0.2, 0.25) is 0 Å². The number of esters is 1. The van der Waals surface area contributed by atoms with E-state index < -0.39 is 0 Å². The summed E-state index contributed by atoms with van der Waals surface area (Å²) in [6, 6.07) is 0. The van der Waals surface area contributed by atoms with Crippen molar-refractivity contribution < 1.29 is 9.53 Å². The third-order valence-electron chi connectivity index (χ3n) is 1.90. The van der Waals surface area contributed by atoms with Crippen molar-refractivity contribution in [2.45, 2.75) is 33.1 Å². The fraction of sp³-hybridized carbons (Fsp3) is 0.778. The Morgan fingerprint density at radius 2 is 2.08 bits per heavy atom. The van der Waals surface area contributed by atoms with Crippen LogP contribution in [0.15, 0.2) is 0 Å². The lowest BCUT2D eigenvalue weighted by Crippen LogP contribution is -2.13. The van der Waals surface area contributed by atoms with Crippen LogP contribution in [-0.4, -0.2) is 18.8 Å². The van der Waals surface area contributed by atoms with Crippen molar-refractivity contribution in [3.05, 3.63) is 0 Å². The molecule has 12 heavy (non-hydrogen) atoms. The lowest BCUT2D eigenvalue weighted by molar-refractivity contribution is -0.143. The minimum Gasteiger partial charge on any atom is -0.465 e. The first kappa shape index (κ1) is 11.1. The average molecular weight is 171 g/mol. The Morgan fingerprint density at radius 3 is 2.50 bits per heavy atom. The summed E-state index contributed by atoms with van der Waals surface area (Å²) < 4.78 is 4.94. The number of hydrogen-bond acceptors (Lipinski definition) is 3. The van der Waals surface area contributed by atoms with Crippen LogP contribution in [0.25, 0.3) is 0 Å². The van der Waals surface area contributed by atoms with E-state index in [0.29, 0.717) is 12.5 Å². The highest BCUT2D eigenvalue weighted by Gasteiger charge is 2.06. The standard InChI is InChI=1S/C9H17NO2/c1-3-8(4-2)7-12-9(11)5-6-10/h6,8,10H,3-5,7H2,1-2H3. The molecular formula is C9H17NO2. The molecule has 1 N–H and O–H groups in total. The first-order valence-electron chi connectivity index (χ1n) is 4.39. The first-order chi connectivity index (χ1) is 5.74. The minimum absolute atomic E-state index is 0.0974. The third-order valence-corrected chi connectivity index (χ3v) is 1.90. The highest BCUT2D eigenvalue weighted by atomic mass is 16.5. The quantitative estimate of drug-likeness (QED) is 0.491. The second-order valence-corrected chi connectivity index (χ2v) is 2.77. The van der Waals surface area contributed by atoms with Crippen LogP contribution in [0.3, 0.4) is 0 Å². The van der Waals surface area contributed by atoms with E-state index in [4.69, 9.17) is 10.1 Å². The molecule has 0 aliphatic rings. The SMILES string of the molecule is CCC(CC)COC(=O)CC=N. The largest absolute Gasteiger partial charge is 0.465 e. The maximum atomic E-state index is 10.8. The Labute approximate surface area is 73.6 Å². The predicted octanol–water partition coefficient (Wildman–Crippen LogP) is 2.01. The van der Waals surface area contributed by atoms with Crippen molar-refractivity contribution in [1.29, 1.82) is 5.41 Å². The molecule has 3 nitrogen and oxygen atoms in total. The van der Waals surface area contributed by atoms with Crippen LogP contribution in [0.1, 0.15) is 33.1 Å². The van der Waals surface area contributed by atoms with Gasteiger partial charge < -0.3 is 10.1 Å². The summed E-state index contributed by atoms with van der Waals surface area (Å²) in [6.45, 7) is 4.66. The molecule has 0 unspecified atom stereocenters. The number of rotatable bonds is 6. The van der Waals surface area contributed by atoms with E-state index in [9.17, 15) is 4.79 Å². The number of ether oxygens (including phenoxy) is 1. The van der Waals surface area contributed by atoms with Gasteiger partial charge in [-0.3, -0.25) is 4.79 Å². The summed E-state index contributed by atoms with van der Waals surface area (Å²) >= 11 is 0. The van der Waals surface area contributed by atoms with Crippen molar-refractivity contribution in [1.82, 2.24) is 0 Å². The van der Waals surface area contributed by atoms with Crippen LogP contribution < -0.4 is 0 Å². The lowest BCUT2D eigenvalue weighted by atomic mass is 10.1. The molecule has 0 aromatic heterocycles. The van der Waals surface area contributed by atoms with Gasteiger partial charge in [0.15, 0.2) is 0 Å². The second kappa shape index (κ2) is 6.83. The van der Waals surface area contributed by atoms with Crippen molar-refractivity contribution in [2.24, 2.45) is 5.92 Å². The molecule has 0 atom stereocenters. The summed E-state index contributed by atoms with van der Waals surface area (Å²) in [5.41, 5.74) is 0. The zero-order chi connectivity index (χ0) is 9.40. The molecule has 0 saturated carbocycles. The molecule has 0 bridgehead atoms. The molecule has 0 saturated heterocycles. The molecule has 0 aliphatic carbocycles. The first-order valence-corrected chi connectivity index (χ1v) is 4.39. The zero-order valence-corrected chi connectivity index (χ0v) is 7.80. The molecule has 0 amide bonds. The third kappa shape index (κ3) is 4.88. The van der Waals surface area contributed by atoms with E-state index >= 15 is 0 Å². The number of carbonyl (C=O) groups is 1. The Morgan fingerprint density at radius 1 is 1.50 bits per heavy atom. The van der Waals surface area contributed by atoms with Gasteiger partial charge in [0, 0.05) is 6.21 Å². The van der Waals surface area contributed by atoms with E-state index in [1.807, 2.05) is 0 Å². The van der Waals surface area contributed by atoms with Crippen LogP contribution in [0.2, 0.25) is 0 Å². The van der Waals surface area contributed by atoms with E-state index in [0.717, 1.165) is 19.1 Å². The molecule has 0 aromatic rings. The van der Waals surface area contributed by atoms with E-state index in [-0.39, 0.29) is 12.4 Å². The van der Waals surface area contributed by atoms with Gasteiger partial charge in [0.25, 0.3) is 0 Å². The molecule has 0 aliphatic heterocycles. The van der Waals surface area contributed by atoms with Crippen molar-refractivity contribution in [3.63, 3.8) is 0 Å². The second-order valence-electron chi connectivity index (χ2n) is 2.77. The maximum absolute atomic E-state index is 10.8. The van der Waals surface area contributed by atoms with Gasteiger partial charge in [-0.05, 0) is 5.92 Å². The van der Waals surface area contributed by atoms with Crippen LogP contribution in [-0.2, 0) is 9.53 Å². The zero-order valence-electron chi connectivity index (χ0n) is 7.80. The monoisotopic (exact) mass is 171 g/mol. The minimum atomic E-state index is -0.295. The molecule has 0 aromatic carbocycles. The fourth-order valence-corrected chi connectivity index (χ4v) is 0.877. The van der Waals surface area contributed by atoms with Crippen LogP contribution >= 0.6 is 0 Å². The number of nitrogens with one attached hydrogen (secondary N) is 1. The molecule has 70 valence electrons. The normalized spacial score (nSPS) is 9.92. The van der Waals surface area contributed by atoms with Gasteiger partial charge in [-0.1, -0.05) is 26.7 Å². The van der Waals surface area contributed by atoms with Gasteiger partial charge in [0.1, 0.15) is 0 Å². The van der Waals surface area contributed by atoms with E-state index in [1.165, 1.54) is 0 Å². The van der Waals surface area contributed by atoms with Gasteiger partial charge in [-0.2, -0.15) is 0 Å². The Kier molecular flexibility index (Phi) is 6.34. The summed E-state index contributed by atoms with van der Waals surface area (Å²) in [5, 5.41) is 6.68. The molecule has 3 heteroatoms. The van der Waals surface area contributed by atoms with Crippen LogP contribution in [0.5, 0.6) is 0 Å². The summed E-state index contributed by atoms with van der Waals surface area (Å²) in [4.78, 5) is 10.8. The molecule has 0 heterocycles. The van der Waals surface area contributed by atoms with Gasteiger partial charge in [0.05, 0.1) is 13.0 Å². The maximum Gasteiger partial charge on any atom is 0.311 e. The van der Waals surface area contributed by atoms with E-state index in [2.05, 4.69) is 13.8 Å². The van der Waals surface area contributed by atoms with Crippen LogP contribution in [0.4, 0.5) is 0 Å². The molecular weight excluding hydrogens is 154 g/mol. The molecule has 0 rings (SSSR count). The van der Waals surface area contributed by atoms with Gasteiger partial charge in [-0.15, -0.1) is 0 Å². The van der Waals surface area contributed by atoms with Crippen LogP contribution in [0, 0.1) is 11.3 Å². The van der Waals surface area contributed by atoms with Crippen molar-refractivity contribution in [2.75, 3.05) is 6.61 Å². The summed E-state index contributed by atoms with van der Waals surface area (Å²) in [6.07, 6.45) is 3.23. The Bertz CT molecular complexity index is 141. The molecule has 0 fully saturated rings. The Balaban J connectivity index is 3.51. The smallest absolute Gasteiger partial charge is 0.311 e. The molecule has 0 spiro atoms. The summed E-state index contributed by atoms with van der Waals surface area (Å²) in [5.74, 6) is 0.177. The topological polar surface area (TPSA) is 50.2 Å². The fourth-order valence-electron chi connectivity index (χ4n) is 0.877. The number of carbonyl (C=O) groups excluding carboxylic acids is 1. The average Bonchev–Trinajstić information content (AvgIpc) is 2.07. The summed E-state index contributed by atoms with van der Waals surface area (Å²) in [7, 11) is 0.